The molecule has 1 aromatic rings. The van der Waals surface area contributed by atoms with Crippen molar-refractivity contribution in [2.45, 2.75) is 20.0 Å². The van der Waals surface area contributed by atoms with Crippen LogP contribution in [0.4, 0.5) is 18.9 Å². The van der Waals surface area contributed by atoms with Gasteiger partial charge in [-0.3, -0.25) is 4.79 Å². The first kappa shape index (κ1) is 15.0. The summed E-state index contributed by atoms with van der Waals surface area (Å²) in [6.07, 6.45) is -4.52. The average Bonchev–Trinajstić information content (AvgIpc) is 2.27. The molecule has 0 heterocycles. The van der Waals surface area contributed by atoms with Crippen molar-refractivity contribution >= 4 is 17.6 Å². The zero-order valence-electron chi connectivity index (χ0n) is 10.3. The van der Waals surface area contributed by atoms with Crippen LogP contribution in [0, 0.1) is 6.92 Å². The first-order valence-electron chi connectivity index (χ1n) is 5.41. The van der Waals surface area contributed by atoms with Gasteiger partial charge in [0.1, 0.15) is 0 Å². The van der Waals surface area contributed by atoms with Gasteiger partial charge in [-0.15, -0.1) is 0 Å². The summed E-state index contributed by atoms with van der Waals surface area (Å²) in [4.78, 5) is 22.4. The molecule has 19 heavy (non-hydrogen) atoms. The van der Waals surface area contributed by atoms with E-state index in [9.17, 15) is 22.8 Å². The maximum atomic E-state index is 12.6. The topological polar surface area (TPSA) is 55.4 Å². The number of rotatable bonds is 2. The zero-order chi connectivity index (χ0) is 14.6. The Labute approximate surface area is 107 Å². The lowest BCUT2D eigenvalue weighted by Gasteiger charge is -2.11. The summed E-state index contributed by atoms with van der Waals surface area (Å²) in [5, 5.41) is 2.07. The van der Waals surface area contributed by atoms with Crippen LogP contribution in [-0.4, -0.2) is 18.5 Å². The first-order valence-corrected chi connectivity index (χ1v) is 5.41. The largest absolute Gasteiger partial charge is 0.459 e. The van der Waals surface area contributed by atoms with Gasteiger partial charge in [-0.1, -0.05) is 0 Å². The molecule has 1 N–H and O–H groups in total. The molecule has 0 radical (unpaired) electrons. The number of ether oxygens (including phenoxy) is 1. The van der Waals surface area contributed by atoms with Gasteiger partial charge >= 0.3 is 18.1 Å². The SMILES string of the molecule is CCOC(=O)C(=O)Nc1cc(C)cc(C(F)(F)F)c1. The molecule has 4 nitrogen and oxygen atoms in total. The van der Waals surface area contributed by atoms with E-state index in [1.165, 1.54) is 19.9 Å². The van der Waals surface area contributed by atoms with Gasteiger partial charge in [0.15, 0.2) is 0 Å². The van der Waals surface area contributed by atoms with Crippen LogP contribution in [0.2, 0.25) is 0 Å². The van der Waals surface area contributed by atoms with Crippen LogP contribution in [0.1, 0.15) is 18.1 Å². The lowest BCUT2D eigenvalue weighted by atomic mass is 10.1. The number of alkyl halides is 3. The van der Waals surface area contributed by atoms with E-state index in [-0.39, 0.29) is 12.3 Å². The molecule has 0 atom stereocenters. The molecule has 0 saturated heterocycles. The molecule has 0 aliphatic rings. The Kier molecular flexibility index (Phi) is 4.52. The number of amides is 1. The molecule has 0 fully saturated rings. The van der Waals surface area contributed by atoms with Gasteiger partial charge in [-0.25, -0.2) is 4.79 Å². The van der Waals surface area contributed by atoms with E-state index >= 15 is 0 Å². The summed E-state index contributed by atoms with van der Waals surface area (Å²) >= 11 is 0. The summed E-state index contributed by atoms with van der Waals surface area (Å²) in [5.41, 5.74) is -0.689. The molecule has 104 valence electrons. The summed E-state index contributed by atoms with van der Waals surface area (Å²) < 4.78 is 42.1. The minimum absolute atomic E-state index is 0.00781. The van der Waals surface area contributed by atoms with Gasteiger partial charge in [-0.2, -0.15) is 13.2 Å². The molecule has 0 aromatic heterocycles. The van der Waals surface area contributed by atoms with Crippen LogP contribution < -0.4 is 5.32 Å². The number of benzene rings is 1. The van der Waals surface area contributed by atoms with Crippen molar-refractivity contribution < 1.29 is 27.5 Å². The number of aryl methyl sites for hydroxylation is 1. The molecule has 1 amide bonds. The molecule has 0 unspecified atom stereocenters. The highest BCUT2D eigenvalue weighted by Gasteiger charge is 2.31. The number of carbonyl (C=O) groups excluding carboxylic acids is 2. The smallest absolute Gasteiger partial charge is 0.416 e. The highest BCUT2D eigenvalue weighted by molar-refractivity contribution is 6.37. The fourth-order valence-electron chi connectivity index (χ4n) is 1.40. The summed E-state index contributed by atoms with van der Waals surface area (Å²) in [6, 6.07) is 3.02. The van der Waals surface area contributed by atoms with Crippen LogP contribution in [0.15, 0.2) is 18.2 Å². The molecule has 7 heteroatoms. The predicted octanol–water partition coefficient (Wildman–Crippen LogP) is 2.52. The molecule has 0 aliphatic carbocycles. The van der Waals surface area contributed by atoms with Gasteiger partial charge in [0.05, 0.1) is 12.2 Å². The summed E-state index contributed by atoms with van der Waals surface area (Å²) in [7, 11) is 0. The van der Waals surface area contributed by atoms with E-state index < -0.39 is 23.6 Å². The summed E-state index contributed by atoms with van der Waals surface area (Å²) in [6.45, 7) is 2.97. The third-order valence-electron chi connectivity index (χ3n) is 2.12. The predicted molar refractivity (Wildman–Crippen MR) is 61.4 cm³/mol. The maximum Gasteiger partial charge on any atom is 0.416 e. The average molecular weight is 275 g/mol. The molecule has 0 spiro atoms. The molecule has 0 aliphatic heterocycles. The van der Waals surface area contributed by atoms with Crippen molar-refractivity contribution in [3.05, 3.63) is 29.3 Å². The normalized spacial score (nSPS) is 11.0. The van der Waals surface area contributed by atoms with Gasteiger partial charge in [0.25, 0.3) is 0 Å². The van der Waals surface area contributed by atoms with E-state index in [0.29, 0.717) is 5.56 Å². The Morgan fingerprint density at radius 2 is 1.89 bits per heavy atom. The zero-order valence-corrected chi connectivity index (χ0v) is 10.3. The standard InChI is InChI=1S/C12H12F3NO3/c1-3-19-11(18)10(17)16-9-5-7(2)4-8(6-9)12(13,14)15/h4-6H,3H2,1-2H3,(H,16,17). The minimum atomic E-state index is -4.52. The van der Waals surface area contributed by atoms with E-state index in [4.69, 9.17) is 0 Å². The molecular weight excluding hydrogens is 263 g/mol. The van der Waals surface area contributed by atoms with Crippen molar-refractivity contribution in [2.75, 3.05) is 11.9 Å². The minimum Gasteiger partial charge on any atom is -0.459 e. The molecule has 1 aromatic carbocycles. The lowest BCUT2D eigenvalue weighted by Crippen LogP contribution is -2.25. The van der Waals surface area contributed by atoms with Gasteiger partial charge in [0.2, 0.25) is 0 Å². The summed E-state index contributed by atoms with van der Waals surface area (Å²) in [5.74, 6) is -2.25. The number of hydrogen-bond donors (Lipinski definition) is 1. The molecule has 1 rings (SSSR count). The van der Waals surface area contributed by atoms with Crippen LogP contribution >= 0.6 is 0 Å². The Bertz CT molecular complexity index is 497. The second-order valence-electron chi connectivity index (χ2n) is 3.76. The van der Waals surface area contributed by atoms with Gasteiger partial charge in [-0.05, 0) is 37.6 Å². The maximum absolute atomic E-state index is 12.6. The number of hydrogen-bond acceptors (Lipinski definition) is 3. The number of carbonyl (C=O) groups is 2. The lowest BCUT2D eigenvalue weighted by molar-refractivity contribution is -0.152. The molecule has 0 bridgehead atoms. The monoisotopic (exact) mass is 275 g/mol. The van der Waals surface area contributed by atoms with Crippen LogP contribution in [-0.2, 0) is 20.5 Å². The second kappa shape index (κ2) is 5.73. The highest BCUT2D eigenvalue weighted by Crippen LogP contribution is 2.31. The Morgan fingerprint density at radius 1 is 1.26 bits per heavy atom. The van der Waals surface area contributed by atoms with Crippen LogP contribution in [0.5, 0.6) is 0 Å². The molecule has 0 saturated carbocycles. The fourth-order valence-corrected chi connectivity index (χ4v) is 1.40. The van der Waals surface area contributed by atoms with E-state index in [2.05, 4.69) is 10.1 Å². The van der Waals surface area contributed by atoms with E-state index in [1.54, 1.807) is 0 Å². The van der Waals surface area contributed by atoms with Gasteiger partial charge in [0, 0.05) is 5.69 Å². The van der Waals surface area contributed by atoms with E-state index in [1.807, 2.05) is 0 Å². The van der Waals surface area contributed by atoms with Crippen molar-refractivity contribution in [2.24, 2.45) is 0 Å². The number of anilines is 1. The second-order valence-corrected chi connectivity index (χ2v) is 3.76. The third-order valence-corrected chi connectivity index (χ3v) is 2.12. The van der Waals surface area contributed by atoms with Gasteiger partial charge < -0.3 is 10.1 Å². The Hall–Kier alpha value is -2.05. The molecular formula is C12H12F3NO3. The van der Waals surface area contributed by atoms with Crippen molar-refractivity contribution in [1.82, 2.24) is 0 Å². The number of esters is 1. The third kappa shape index (κ3) is 4.27. The Morgan fingerprint density at radius 3 is 2.42 bits per heavy atom. The van der Waals surface area contributed by atoms with Crippen molar-refractivity contribution in [3.63, 3.8) is 0 Å². The number of halogens is 3. The van der Waals surface area contributed by atoms with E-state index in [0.717, 1.165) is 12.1 Å². The number of nitrogens with one attached hydrogen (secondary N) is 1. The Balaban J connectivity index is 2.93. The van der Waals surface area contributed by atoms with Crippen LogP contribution in [0.25, 0.3) is 0 Å². The quantitative estimate of drug-likeness (QED) is 0.666. The van der Waals surface area contributed by atoms with Crippen LogP contribution in [0.3, 0.4) is 0 Å². The van der Waals surface area contributed by atoms with Crippen molar-refractivity contribution in [1.29, 1.82) is 0 Å². The highest BCUT2D eigenvalue weighted by atomic mass is 19.4. The first-order chi connectivity index (χ1) is 8.74. The van der Waals surface area contributed by atoms with Crippen molar-refractivity contribution in [3.8, 4) is 0 Å². The fraction of sp³-hybridized carbons (Fsp3) is 0.333.